The summed E-state index contributed by atoms with van der Waals surface area (Å²) in [5, 5.41) is 0. The number of nitrogens with zero attached hydrogens (tertiary/aromatic N) is 1. The van der Waals surface area contributed by atoms with Gasteiger partial charge in [-0.05, 0) is 11.5 Å². The monoisotopic (exact) mass is 299 g/mol. The smallest absolute Gasteiger partial charge is 0.426 e. The molecule has 1 aliphatic heterocycles. The van der Waals surface area contributed by atoms with E-state index in [-0.39, 0.29) is 19.1 Å². The second kappa shape index (κ2) is 5.80. The lowest BCUT2D eigenvalue weighted by Crippen LogP contribution is -2.42. The van der Waals surface area contributed by atoms with Gasteiger partial charge in [0.25, 0.3) is 0 Å². The molecule has 1 fully saturated rings. The summed E-state index contributed by atoms with van der Waals surface area (Å²) >= 11 is 0. The number of hydrogen-bond acceptors (Lipinski definition) is 5. The molecule has 1 aromatic rings. The van der Waals surface area contributed by atoms with Crippen molar-refractivity contribution in [3.63, 3.8) is 0 Å². The van der Waals surface area contributed by atoms with Gasteiger partial charge in [-0.15, -0.1) is 0 Å². The number of benzene rings is 1. The fourth-order valence-corrected chi connectivity index (χ4v) is 3.22. The van der Waals surface area contributed by atoms with Gasteiger partial charge in [-0.25, -0.2) is 4.79 Å². The Labute approximate surface area is 118 Å². The van der Waals surface area contributed by atoms with Crippen molar-refractivity contribution in [3.05, 3.63) is 35.9 Å². The number of amides is 1. The van der Waals surface area contributed by atoms with Crippen LogP contribution in [0.15, 0.2) is 30.3 Å². The number of carbonyl (C=O) groups excluding carboxylic acids is 1. The maximum absolute atomic E-state index is 12.0. The molecule has 1 saturated heterocycles. The van der Waals surface area contributed by atoms with E-state index in [1.165, 1.54) is 0 Å². The molecule has 1 aliphatic rings. The van der Waals surface area contributed by atoms with Gasteiger partial charge in [-0.3, -0.25) is 4.18 Å². The highest BCUT2D eigenvalue weighted by atomic mass is 32.2. The molecule has 110 valence electrons. The molecule has 0 N–H and O–H groups in total. The molecule has 1 heterocycles. The molecule has 0 radical (unpaired) electrons. The first-order valence-corrected chi connectivity index (χ1v) is 7.68. The summed E-state index contributed by atoms with van der Waals surface area (Å²) in [5.41, 5.74) is 0.791. The summed E-state index contributed by atoms with van der Waals surface area (Å²) in [6.45, 7) is 3.65. The van der Waals surface area contributed by atoms with E-state index in [1.54, 1.807) is 12.1 Å². The van der Waals surface area contributed by atoms with Crippen molar-refractivity contribution in [2.24, 2.45) is 5.92 Å². The second-order valence-electron chi connectivity index (χ2n) is 4.89. The Morgan fingerprint density at radius 1 is 1.40 bits per heavy atom. The van der Waals surface area contributed by atoms with Crippen LogP contribution in [0.4, 0.5) is 4.79 Å². The van der Waals surface area contributed by atoms with E-state index in [9.17, 15) is 13.2 Å². The van der Waals surface area contributed by atoms with Crippen LogP contribution in [-0.2, 0) is 25.8 Å². The van der Waals surface area contributed by atoms with E-state index in [1.807, 2.05) is 32.0 Å². The third kappa shape index (κ3) is 3.10. The van der Waals surface area contributed by atoms with Crippen LogP contribution in [0.25, 0.3) is 0 Å². The van der Waals surface area contributed by atoms with Crippen LogP contribution in [0.5, 0.6) is 0 Å². The second-order valence-corrected chi connectivity index (χ2v) is 6.37. The Bertz CT molecular complexity index is 570. The molecule has 6 nitrogen and oxygen atoms in total. The highest BCUT2D eigenvalue weighted by Gasteiger charge is 2.44. The molecule has 1 aromatic carbocycles. The van der Waals surface area contributed by atoms with Crippen LogP contribution in [-0.4, -0.2) is 31.5 Å². The van der Waals surface area contributed by atoms with Gasteiger partial charge in [0.15, 0.2) is 0 Å². The quantitative estimate of drug-likeness (QED) is 0.852. The zero-order valence-corrected chi connectivity index (χ0v) is 12.2. The van der Waals surface area contributed by atoms with E-state index < -0.39 is 22.4 Å². The predicted molar refractivity (Wildman–Crippen MR) is 72.0 cm³/mol. The molecular formula is C13H17NO5S. The average molecular weight is 299 g/mol. The topological polar surface area (TPSA) is 72.9 Å². The molecular weight excluding hydrogens is 282 g/mol. The standard InChI is InChI=1S/C13H17NO5S/c1-10(2)12-9-19-20(16,17)14(12)13(15)18-8-11-6-4-3-5-7-11/h3-7,10,12H,8-9H2,1-2H3/t12-/m0/s1. The molecule has 0 unspecified atom stereocenters. The zero-order valence-electron chi connectivity index (χ0n) is 11.4. The molecule has 0 saturated carbocycles. The largest absolute Gasteiger partial charge is 0.444 e. The highest BCUT2D eigenvalue weighted by Crippen LogP contribution is 2.25. The molecule has 2 rings (SSSR count). The van der Waals surface area contributed by atoms with Crippen LogP contribution >= 0.6 is 0 Å². The molecule has 0 spiro atoms. The van der Waals surface area contributed by atoms with Crippen molar-refractivity contribution in [2.75, 3.05) is 6.61 Å². The summed E-state index contributed by atoms with van der Waals surface area (Å²) in [7, 11) is -4.03. The van der Waals surface area contributed by atoms with Crippen molar-refractivity contribution >= 4 is 16.4 Å². The lowest BCUT2D eigenvalue weighted by molar-refractivity contribution is 0.107. The first kappa shape index (κ1) is 14.8. The van der Waals surface area contributed by atoms with Gasteiger partial charge in [0.05, 0.1) is 12.6 Å². The maximum atomic E-state index is 12.0. The Morgan fingerprint density at radius 3 is 2.65 bits per heavy atom. The number of carbonyl (C=O) groups is 1. The normalized spacial score (nSPS) is 21.1. The fraction of sp³-hybridized carbons (Fsp3) is 0.462. The maximum Gasteiger partial charge on any atom is 0.426 e. The highest BCUT2D eigenvalue weighted by molar-refractivity contribution is 7.85. The molecule has 0 aromatic heterocycles. The lowest BCUT2D eigenvalue weighted by atomic mass is 10.1. The van der Waals surface area contributed by atoms with Crippen LogP contribution in [0.3, 0.4) is 0 Å². The average Bonchev–Trinajstić information content (AvgIpc) is 2.73. The fourth-order valence-electron chi connectivity index (χ4n) is 1.92. The number of hydrogen-bond donors (Lipinski definition) is 0. The van der Waals surface area contributed by atoms with Gasteiger partial charge in [-0.1, -0.05) is 44.2 Å². The van der Waals surface area contributed by atoms with E-state index in [2.05, 4.69) is 0 Å². The van der Waals surface area contributed by atoms with Gasteiger partial charge in [0, 0.05) is 0 Å². The van der Waals surface area contributed by atoms with Crippen molar-refractivity contribution in [1.29, 1.82) is 0 Å². The predicted octanol–water partition coefficient (Wildman–Crippen LogP) is 1.92. The first-order chi connectivity index (χ1) is 9.42. The third-order valence-electron chi connectivity index (χ3n) is 3.08. The first-order valence-electron chi connectivity index (χ1n) is 6.31. The Balaban J connectivity index is 2.07. The number of ether oxygens (including phenoxy) is 1. The van der Waals surface area contributed by atoms with Crippen LogP contribution in [0, 0.1) is 5.92 Å². The summed E-state index contributed by atoms with van der Waals surface area (Å²) in [5.74, 6) is -0.0449. The Hall–Kier alpha value is -1.60. The van der Waals surface area contributed by atoms with E-state index in [0.29, 0.717) is 4.31 Å². The minimum Gasteiger partial charge on any atom is -0.444 e. The molecule has 0 bridgehead atoms. The third-order valence-corrected chi connectivity index (χ3v) is 4.42. The van der Waals surface area contributed by atoms with Crippen LogP contribution in [0.2, 0.25) is 0 Å². The van der Waals surface area contributed by atoms with Crippen molar-refractivity contribution < 1.29 is 22.1 Å². The van der Waals surface area contributed by atoms with E-state index in [0.717, 1.165) is 5.56 Å². The van der Waals surface area contributed by atoms with Gasteiger partial charge in [0.1, 0.15) is 6.61 Å². The van der Waals surface area contributed by atoms with E-state index in [4.69, 9.17) is 8.92 Å². The Morgan fingerprint density at radius 2 is 2.05 bits per heavy atom. The lowest BCUT2D eigenvalue weighted by Gasteiger charge is -2.22. The van der Waals surface area contributed by atoms with Crippen molar-refractivity contribution in [1.82, 2.24) is 4.31 Å². The Kier molecular flexibility index (Phi) is 4.29. The summed E-state index contributed by atoms with van der Waals surface area (Å²) in [6.07, 6.45) is -0.898. The molecule has 0 aliphatic carbocycles. The zero-order chi connectivity index (χ0) is 14.8. The molecule has 7 heteroatoms. The van der Waals surface area contributed by atoms with Gasteiger partial charge < -0.3 is 4.74 Å². The van der Waals surface area contributed by atoms with E-state index >= 15 is 0 Å². The molecule has 20 heavy (non-hydrogen) atoms. The minimum absolute atomic E-state index is 0.0243. The van der Waals surface area contributed by atoms with Crippen molar-refractivity contribution in [2.45, 2.75) is 26.5 Å². The van der Waals surface area contributed by atoms with Crippen LogP contribution in [0.1, 0.15) is 19.4 Å². The summed E-state index contributed by atoms with van der Waals surface area (Å²) < 4.78 is 33.9. The van der Waals surface area contributed by atoms with Gasteiger partial charge in [0.2, 0.25) is 0 Å². The summed E-state index contributed by atoms with van der Waals surface area (Å²) in [6, 6.07) is 8.54. The molecule has 1 atom stereocenters. The minimum atomic E-state index is -4.03. The summed E-state index contributed by atoms with van der Waals surface area (Å²) in [4.78, 5) is 12.0. The SMILES string of the molecule is CC(C)[C@@H]1COS(=O)(=O)N1C(=O)OCc1ccccc1. The molecule has 1 amide bonds. The van der Waals surface area contributed by atoms with Gasteiger partial charge in [-0.2, -0.15) is 12.7 Å². The van der Waals surface area contributed by atoms with Crippen LogP contribution < -0.4 is 0 Å². The van der Waals surface area contributed by atoms with Gasteiger partial charge >= 0.3 is 16.4 Å². The van der Waals surface area contributed by atoms with Crippen molar-refractivity contribution in [3.8, 4) is 0 Å². The number of rotatable bonds is 3.